The molecular formula is C14H23NO. The van der Waals surface area contributed by atoms with Gasteiger partial charge in [0.25, 0.3) is 0 Å². The summed E-state index contributed by atoms with van der Waals surface area (Å²) >= 11 is 0. The lowest BCUT2D eigenvalue weighted by molar-refractivity contribution is 0.134. The van der Waals surface area contributed by atoms with Crippen molar-refractivity contribution in [2.75, 3.05) is 18.5 Å². The van der Waals surface area contributed by atoms with Crippen molar-refractivity contribution >= 4 is 5.69 Å². The predicted molar refractivity (Wildman–Crippen MR) is 69.7 cm³/mol. The van der Waals surface area contributed by atoms with E-state index >= 15 is 0 Å². The SMILES string of the molecule is CCOCc1ccccc1NCCC(C)C. The van der Waals surface area contributed by atoms with Gasteiger partial charge in [-0.2, -0.15) is 0 Å². The van der Waals surface area contributed by atoms with E-state index in [0.717, 1.165) is 19.1 Å². The van der Waals surface area contributed by atoms with Crippen molar-refractivity contribution in [2.45, 2.75) is 33.8 Å². The number of rotatable bonds is 7. The number of benzene rings is 1. The van der Waals surface area contributed by atoms with Gasteiger partial charge < -0.3 is 10.1 Å². The Hall–Kier alpha value is -1.02. The molecule has 0 saturated carbocycles. The van der Waals surface area contributed by atoms with Gasteiger partial charge in [-0.05, 0) is 25.3 Å². The summed E-state index contributed by atoms with van der Waals surface area (Å²) in [7, 11) is 0. The van der Waals surface area contributed by atoms with Gasteiger partial charge in [-0.25, -0.2) is 0 Å². The molecule has 0 spiro atoms. The smallest absolute Gasteiger partial charge is 0.0736 e. The average molecular weight is 221 g/mol. The largest absolute Gasteiger partial charge is 0.385 e. The Labute approximate surface area is 99.0 Å². The summed E-state index contributed by atoms with van der Waals surface area (Å²) in [5.74, 6) is 0.742. The molecule has 0 aliphatic rings. The Morgan fingerprint density at radius 2 is 2.00 bits per heavy atom. The molecular weight excluding hydrogens is 198 g/mol. The molecule has 90 valence electrons. The zero-order valence-electron chi connectivity index (χ0n) is 10.6. The van der Waals surface area contributed by atoms with Crippen LogP contribution in [0, 0.1) is 5.92 Å². The molecule has 0 atom stereocenters. The zero-order valence-corrected chi connectivity index (χ0v) is 10.6. The number of ether oxygens (including phenoxy) is 1. The maximum atomic E-state index is 5.45. The molecule has 0 aromatic heterocycles. The lowest BCUT2D eigenvalue weighted by atomic mass is 10.1. The van der Waals surface area contributed by atoms with Gasteiger partial charge in [0.05, 0.1) is 6.61 Å². The molecule has 0 radical (unpaired) electrons. The van der Waals surface area contributed by atoms with E-state index < -0.39 is 0 Å². The van der Waals surface area contributed by atoms with Gasteiger partial charge >= 0.3 is 0 Å². The van der Waals surface area contributed by atoms with Crippen molar-refractivity contribution in [3.05, 3.63) is 29.8 Å². The van der Waals surface area contributed by atoms with Crippen LogP contribution in [0.15, 0.2) is 24.3 Å². The molecule has 1 rings (SSSR count). The molecule has 1 N–H and O–H groups in total. The van der Waals surface area contributed by atoms with Crippen LogP contribution in [0.5, 0.6) is 0 Å². The van der Waals surface area contributed by atoms with E-state index in [2.05, 4.69) is 43.4 Å². The third-order valence-corrected chi connectivity index (χ3v) is 2.52. The van der Waals surface area contributed by atoms with Gasteiger partial charge in [0.1, 0.15) is 0 Å². The molecule has 2 heteroatoms. The van der Waals surface area contributed by atoms with Gasteiger partial charge in [-0.15, -0.1) is 0 Å². The summed E-state index contributed by atoms with van der Waals surface area (Å²) < 4.78 is 5.45. The Balaban J connectivity index is 2.49. The van der Waals surface area contributed by atoms with Crippen molar-refractivity contribution in [1.82, 2.24) is 0 Å². The minimum Gasteiger partial charge on any atom is -0.385 e. The highest BCUT2D eigenvalue weighted by Gasteiger charge is 2.01. The molecule has 0 heterocycles. The molecule has 16 heavy (non-hydrogen) atoms. The van der Waals surface area contributed by atoms with Gasteiger partial charge in [0.2, 0.25) is 0 Å². The summed E-state index contributed by atoms with van der Waals surface area (Å²) in [5.41, 5.74) is 2.45. The lowest BCUT2D eigenvalue weighted by Crippen LogP contribution is -2.07. The highest BCUT2D eigenvalue weighted by Crippen LogP contribution is 2.16. The van der Waals surface area contributed by atoms with Crippen LogP contribution in [0.4, 0.5) is 5.69 Å². The zero-order chi connectivity index (χ0) is 11.8. The summed E-state index contributed by atoms with van der Waals surface area (Å²) in [6, 6.07) is 8.36. The van der Waals surface area contributed by atoms with Crippen LogP contribution in [-0.2, 0) is 11.3 Å². The predicted octanol–water partition coefficient (Wildman–Crippen LogP) is 3.68. The first-order valence-corrected chi connectivity index (χ1v) is 6.13. The molecule has 1 aromatic carbocycles. The average Bonchev–Trinajstić information content (AvgIpc) is 2.27. The quantitative estimate of drug-likeness (QED) is 0.758. The van der Waals surface area contributed by atoms with Gasteiger partial charge in [0.15, 0.2) is 0 Å². The molecule has 0 aliphatic heterocycles. The first-order valence-electron chi connectivity index (χ1n) is 6.13. The molecule has 0 unspecified atom stereocenters. The number of hydrogen-bond donors (Lipinski definition) is 1. The van der Waals surface area contributed by atoms with Crippen LogP contribution >= 0.6 is 0 Å². The molecule has 0 fully saturated rings. The summed E-state index contributed by atoms with van der Waals surface area (Å²) in [6.45, 7) is 9.00. The third kappa shape index (κ3) is 4.67. The summed E-state index contributed by atoms with van der Waals surface area (Å²) in [4.78, 5) is 0. The number of anilines is 1. The van der Waals surface area contributed by atoms with Crippen LogP contribution in [0.3, 0.4) is 0 Å². The van der Waals surface area contributed by atoms with Crippen LogP contribution in [0.2, 0.25) is 0 Å². The highest BCUT2D eigenvalue weighted by molar-refractivity contribution is 5.50. The molecule has 2 nitrogen and oxygen atoms in total. The van der Waals surface area contributed by atoms with Crippen molar-refractivity contribution in [1.29, 1.82) is 0 Å². The molecule has 1 aromatic rings. The molecule has 0 bridgehead atoms. The number of para-hydroxylation sites is 1. The molecule has 0 amide bonds. The lowest BCUT2D eigenvalue weighted by Gasteiger charge is -2.12. The maximum absolute atomic E-state index is 5.45. The minimum atomic E-state index is 0.696. The first kappa shape index (κ1) is 13.0. The Morgan fingerprint density at radius 1 is 1.25 bits per heavy atom. The first-order chi connectivity index (χ1) is 7.74. The monoisotopic (exact) mass is 221 g/mol. The fourth-order valence-electron chi connectivity index (χ4n) is 1.53. The Bertz CT molecular complexity index is 297. The third-order valence-electron chi connectivity index (χ3n) is 2.52. The van der Waals surface area contributed by atoms with Crippen molar-refractivity contribution < 1.29 is 4.74 Å². The molecule has 0 saturated heterocycles. The van der Waals surface area contributed by atoms with E-state index in [1.807, 2.05) is 6.92 Å². The maximum Gasteiger partial charge on any atom is 0.0736 e. The van der Waals surface area contributed by atoms with Crippen LogP contribution in [0.25, 0.3) is 0 Å². The summed E-state index contributed by atoms with van der Waals surface area (Å²) in [5, 5.41) is 3.47. The van der Waals surface area contributed by atoms with Crippen molar-refractivity contribution in [2.24, 2.45) is 5.92 Å². The Morgan fingerprint density at radius 3 is 2.69 bits per heavy atom. The van der Waals surface area contributed by atoms with Crippen LogP contribution in [-0.4, -0.2) is 13.2 Å². The second-order valence-corrected chi connectivity index (χ2v) is 4.40. The van der Waals surface area contributed by atoms with Gasteiger partial charge in [-0.3, -0.25) is 0 Å². The standard InChI is InChI=1S/C14H23NO/c1-4-16-11-13-7-5-6-8-14(13)15-10-9-12(2)3/h5-8,12,15H,4,9-11H2,1-3H3. The number of nitrogens with one attached hydrogen (secondary N) is 1. The molecule has 0 aliphatic carbocycles. The van der Waals surface area contributed by atoms with Crippen LogP contribution < -0.4 is 5.32 Å². The van der Waals surface area contributed by atoms with E-state index in [0.29, 0.717) is 6.61 Å². The normalized spacial score (nSPS) is 10.8. The fourth-order valence-corrected chi connectivity index (χ4v) is 1.53. The Kier molecular flexibility index (Phi) is 5.94. The highest BCUT2D eigenvalue weighted by atomic mass is 16.5. The van der Waals surface area contributed by atoms with Gasteiger partial charge in [-0.1, -0.05) is 32.0 Å². The van der Waals surface area contributed by atoms with Crippen molar-refractivity contribution in [3.8, 4) is 0 Å². The van der Waals surface area contributed by atoms with E-state index in [9.17, 15) is 0 Å². The fraction of sp³-hybridized carbons (Fsp3) is 0.571. The topological polar surface area (TPSA) is 21.3 Å². The van der Waals surface area contributed by atoms with Crippen LogP contribution in [0.1, 0.15) is 32.8 Å². The van der Waals surface area contributed by atoms with E-state index in [-0.39, 0.29) is 0 Å². The second-order valence-electron chi connectivity index (χ2n) is 4.40. The van der Waals surface area contributed by atoms with E-state index in [1.165, 1.54) is 17.7 Å². The van der Waals surface area contributed by atoms with E-state index in [1.54, 1.807) is 0 Å². The van der Waals surface area contributed by atoms with E-state index in [4.69, 9.17) is 4.74 Å². The van der Waals surface area contributed by atoms with Gasteiger partial charge in [0, 0.05) is 24.4 Å². The van der Waals surface area contributed by atoms with Crippen molar-refractivity contribution in [3.63, 3.8) is 0 Å². The second kappa shape index (κ2) is 7.29. The summed E-state index contributed by atoms with van der Waals surface area (Å²) in [6.07, 6.45) is 1.20. The number of hydrogen-bond acceptors (Lipinski definition) is 2. The minimum absolute atomic E-state index is 0.696.